The Balaban J connectivity index is 0. The van der Waals surface area contributed by atoms with Crippen molar-refractivity contribution in [3.63, 3.8) is 0 Å². The van der Waals surface area contributed by atoms with Crippen LogP contribution in [0.4, 0.5) is 0 Å². The molecule has 96 valence electrons. The average molecular weight is 224 g/mol. The predicted octanol–water partition coefficient (Wildman–Crippen LogP) is 6.29. The fraction of sp³-hybridized carbons (Fsp3) is 0.750. The van der Waals surface area contributed by atoms with Gasteiger partial charge in [-0.05, 0) is 25.7 Å². The lowest BCUT2D eigenvalue weighted by atomic mass is 10.2. The van der Waals surface area contributed by atoms with Gasteiger partial charge < -0.3 is 0 Å². The molecule has 0 heterocycles. The van der Waals surface area contributed by atoms with Gasteiger partial charge in [-0.15, -0.1) is 0 Å². The molecular formula is C16H32. The van der Waals surface area contributed by atoms with Crippen molar-refractivity contribution in [1.82, 2.24) is 0 Å². The maximum absolute atomic E-state index is 2.27. The first-order chi connectivity index (χ1) is 7.83. The van der Waals surface area contributed by atoms with Crippen LogP contribution in [0, 0.1) is 0 Å². The molecule has 0 nitrogen and oxygen atoms in total. The van der Waals surface area contributed by atoms with Crippen molar-refractivity contribution < 1.29 is 0 Å². The SMILES string of the molecule is CC/C=C/CCCC.CCC/C=C/CCC. The van der Waals surface area contributed by atoms with Gasteiger partial charge in [-0.3, -0.25) is 0 Å². The maximum Gasteiger partial charge on any atom is -0.0351 e. The fourth-order valence-electron chi connectivity index (χ4n) is 1.18. The van der Waals surface area contributed by atoms with E-state index in [-0.39, 0.29) is 0 Å². The predicted molar refractivity (Wildman–Crippen MR) is 77.9 cm³/mol. The van der Waals surface area contributed by atoms with Crippen molar-refractivity contribution in [2.24, 2.45) is 0 Å². The van der Waals surface area contributed by atoms with E-state index in [1.165, 1.54) is 51.4 Å². The summed E-state index contributed by atoms with van der Waals surface area (Å²) in [6.07, 6.45) is 19.2. The van der Waals surface area contributed by atoms with Crippen LogP contribution in [-0.2, 0) is 0 Å². The van der Waals surface area contributed by atoms with Gasteiger partial charge in [0.15, 0.2) is 0 Å². The average Bonchev–Trinajstić information content (AvgIpc) is 2.31. The Morgan fingerprint density at radius 2 is 1.06 bits per heavy atom. The van der Waals surface area contributed by atoms with Gasteiger partial charge in [0, 0.05) is 0 Å². The molecule has 0 atom stereocenters. The van der Waals surface area contributed by atoms with Gasteiger partial charge in [0.05, 0.1) is 0 Å². The van der Waals surface area contributed by atoms with Crippen LogP contribution in [0.5, 0.6) is 0 Å². The molecular weight excluding hydrogens is 192 g/mol. The third-order valence-electron chi connectivity index (χ3n) is 2.20. The Morgan fingerprint density at radius 3 is 1.44 bits per heavy atom. The van der Waals surface area contributed by atoms with Crippen LogP contribution in [0.3, 0.4) is 0 Å². The molecule has 0 aromatic heterocycles. The molecule has 0 aliphatic carbocycles. The molecule has 0 aromatic rings. The van der Waals surface area contributed by atoms with Crippen LogP contribution in [0.15, 0.2) is 24.3 Å². The highest BCUT2D eigenvalue weighted by molar-refractivity contribution is 4.80. The quantitative estimate of drug-likeness (QED) is 0.336. The number of hydrogen-bond donors (Lipinski definition) is 0. The molecule has 0 bridgehead atoms. The summed E-state index contributed by atoms with van der Waals surface area (Å²) in [5, 5.41) is 0. The summed E-state index contributed by atoms with van der Waals surface area (Å²) >= 11 is 0. The summed E-state index contributed by atoms with van der Waals surface area (Å²) in [5.74, 6) is 0. The monoisotopic (exact) mass is 224 g/mol. The van der Waals surface area contributed by atoms with Gasteiger partial charge in [0.2, 0.25) is 0 Å². The van der Waals surface area contributed by atoms with Crippen molar-refractivity contribution >= 4 is 0 Å². The van der Waals surface area contributed by atoms with E-state index in [4.69, 9.17) is 0 Å². The molecule has 0 saturated heterocycles. The van der Waals surface area contributed by atoms with Crippen molar-refractivity contribution in [2.45, 2.75) is 79.1 Å². The molecule has 0 saturated carbocycles. The van der Waals surface area contributed by atoms with Crippen LogP contribution in [0.2, 0.25) is 0 Å². The maximum atomic E-state index is 2.27. The van der Waals surface area contributed by atoms with Gasteiger partial charge >= 0.3 is 0 Å². The molecule has 0 rings (SSSR count). The number of unbranched alkanes of at least 4 members (excludes halogenated alkanes) is 4. The Hall–Kier alpha value is -0.520. The zero-order chi connectivity index (χ0) is 12.5. The molecule has 0 amide bonds. The van der Waals surface area contributed by atoms with Crippen molar-refractivity contribution in [3.8, 4) is 0 Å². The second kappa shape index (κ2) is 20.0. The first-order valence-electron chi connectivity index (χ1n) is 7.13. The van der Waals surface area contributed by atoms with Crippen LogP contribution in [0.1, 0.15) is 79.1 Å². The second-order valence-electron chi connectivity index (χ2n) is 4.07. The smallest absolute Gasteiger partial charge is 0.0351 e. The molecule has 0 aliphatic heterocycles. The van der Waals surface area contributed by atoms with E-state index in [1.54, 1.807) is 0 Å². The zero-order valence-corrected chi connectivity index (χ0v) is 12.0. The number of hydrogen-bond acceptors (Lipinski definition) is 0. The topological polar surface area (TPSA) is 0 Å². The highest BCUT2D eigenvalue weighted by Gasteiger charge is 1.74. The van der Waals surface area contributed by atoms with Crippen LogP contribution >= 0.6 is 0 Å². The summed E-state index contributed by atoms with van der Waals surface area (Å²) in [6.45, 7) is 8.80. The molecule has 0 unspecified atom stereocenters. The van der Waals surface area contributed by atoms with Gasteiger partial charge in [-0.2, -0.15) is 0 Å². The highest BCUT2D eigenvalue weighted by atomic mass is 13.8. The zero-order valence-electron chi connectivity index (χ0n) is 12.0. The summed E-state index contributed by atoms with van der Waals surface area (Å²) < 4.78 is 0. The van der Waals surface area contributed by atoms with Gasteiger partial charge in [0.25, 0.3) is 0 Å². The van der Waals surface area contributed by atoms with Crippen molar-refractivity contribution in [1.29, 1.82) is 0 Å². The molecule has 0 radical (unpaired) electrons. The van der Waals surface area contributed by atoms with Crippen LogP contribution in [0.25, 0.3) is 0 Å². The van der Waals surface area contributed by atoms with E-state index in [9.17, 15) is 0 Å². The second-order valence-corrected chi connectivity index (χ2v) is 4.07. The summed E-state index contributed by atoms with van der Waals surface area (Å²) in [7, 11) is 0. The molecule has 0 aliphatic rings. The number of rotatable bonds is 8. The van der Waals surface area contributed by atoms with E-state index in [2.05, 4.69) is 52.0 Å². The minimum absolute atomic E-state index is 1.18. The first-order valence-corrected chi connectivity index (χ1v) is 7.13. The lowest BCUT2D eigenvalue weighted by molar-refractivity contribution is 0.812. The summed E-state index contributed by atoms with van der Waals surface area (Å²) in [5.41, 5.74) is 0. The van der Waals surface area contributed by atoms with Gasteiger partial charge in [-0.1, -0.05) is 77.7 Å². The molecule has 16 heavy (non-hydrogen) atoms. The fourth-order valence-corrected chi connectivity index (χ4v) is 1.18. The van der Waals surface area contributed by atoms with E-state index in [0.29, 0.717) is 0 Å². The summed E-state index contributed by atoms with van der Waals surface area (Å²) in [6, 6.07) is 0. The minimum Gasteiger partial charge on any atom is -0.0888 e. The van der Waals surface area contributed by atoms with E-state index in [1.807, 2.05) is 0 Å². The standard InChI is InChI=1S/2C8H16/c2*1-3-5-7-8-6-4-2/h7-8H,3-6H2,1-2H3;5,7H,3-4,6,8H2,1-2H3/b8-7+;7-5+. The molecule has 0 heteroatoms. The molecule has 0 aromatic carbocycles. The number of allylic oxidation sites excluding steroid dienone is 4. The van der Waals surface area contributed by atoms with E-state index in [0.717, 1.165) is 0 Å². The molecule has 0 fully saturated rings. The third kappa shape index (κ3) is 23.4. The van der Waals surface area contributed by atoms with Gasteiger partial charge in [0.1, 0.15) is 0 Å². The molecule has 0 N–H and O–H groups in total. The largest absolute Gasteiger partial charge is 0.0888 e. The van der Waals surface area contributed by atoms with Crippen LogP contribution in [-0.4, -0.2) is 0 Å². The Bertz CT molecular complexity index is 134. The third-order valence-corrected chi connectivity index (χ3v) is 2.20. The summed E-state index contributed by atoms with van der Waals surface area (Å²) in [4.78, 5) is 0. The Kier molecular flexibility index (Phi) is 22.3. The van der Waals surface area contributed by atoms with Gasteiger partial charge in [-0.25, -0.2) is 0 Å². The Morgan fingerprint density at radius 1 is 0.562 bits per heavy atom. The van der Waals surface area contributed by atoms with Crippen molar-refractivity contribution in [3.05, 3.63) is 24.3 Å². The Labute approximate surface area is 104 Å². The first kappa shape index (κ1) is 17.9. The van der Waals surface area contributed by atoms with Crippen molar-refractivity contribution in [2.75, 3.05) is 0 Å². The van der Waals surface area contributed by atoms with E-state index < -0.39 is 0 Å². The lowest BCUT2D eigenvalue weighted by Gasteiger charge is -1.85. The minimum atomic E-state index is 1.18. The normalized spacial score (nSPS) is 10.8. The van der Waals surface area contributed by atoms with E-state index >= 15 is 0 Å². The van der Waals surface area contributed by atoms with Crippen LogP contribution < -0.4 is 0 Å². The lowest BCUT2D eigenvalue weighted by Crippen LogP contribution is -1.65. The molecule has 0 spiro atoms. The highest BCUT2D eigenvalue weighted by Crippen LogP contribution is 1.95.